The molecule has 178 valence electrons. The zero-order chi connectivity index (χ0) is 23.6. The largest absolute Gasteiger partial charge is 0.333 e. The van der Waals surface area contributed by atoms with E-state index in [9.17, 15) is 4.79 Å². The summed E-state index contributed by atoms with van der Waals surface area (Å²) in [6.45, 7) is 7.83. The second-order valence-electron chi connectivity index (χ2n) is 9.72. The number of fused-ring (bicyclic) bond motifs is 3. The average molecular weight is 461 g/mol. The predicted molar refractivity (Wildman–Crippen MR) is 132 cm³/mol. The molecule has 1 N–H and O–H groups in total. The number of pyridine rings is 1. The first-order chi connectivity index (χ1) is 16.5. The summed E-state index contributed by atoms with van der Waals surface area (Å²) in [4.78, 5) is 25.5. The minimum absolute atomic E-state index is 0.142. The number of anilines is 2. The average Bonchev–Trinajstić information content (AvgIpc) is 3.73. The van der Waals surface area contributed by atoms with Crippen LogP contribution in [-0.4, -0.2) is 51.8 Å². The number of hydrogen-bond donors (Lipinski definition) is 1. The predicted octanol–water partition coefficient (Wildman–Crippen LogP) is 4.37. The van der Waals surface area contributed by atoms with Crippen LogP contribution in [0.3, 0.4) is 0 Å². The Morgan fingerprint density at radius 3 is 2.56 bits per heavy atom. The Hall–Kier alpha value is -3.36. The van der Waals surface area contributed by atoms with Crippen molar-refractivity contribution in [2.24, 2.45) is 7.05 Å². The number of aromatic nitrogens is 6. The quantitative estimate of drug-likeness (QED) is 0.422. The Labute approximate surface area is 198 Å². The summed E-state index contributed by atoms with van der Waals surface area (Å²) < 4.78 is 6.08. The SMILES string of the molecule is CCCn1nc(Nc2nc3c(cc(C(=O)N(C4CC4)C4CC4)n3CC)c3c2ncn3C)cc1C. The summed E-state index contributed by atoms with van der Waals surface area (Å²) in [7, 11) is 1.99. The molecule has 4 heterocycles. The Morgan fingerprint density at radius 2 is 1.91 bits per heavy atom. The molecular formula is C25H32N8O. The molecule has 9 nitrogen and oxygen atoms in total. The smallest absolute Gasteiger partial charge is 0.271 e. The van der Waals surface area contributed by atoms with Gasteiger partial charge in [-0.1, -0.05) is 6.92 Å². The van der Waals surface area contributed by atoms with Gasteiger partial charge in [-0.25, -0.2) is 9.97 Å². The summed E-state index contributed by atoms with van der Waals surface area (Å²) in [6, 6.07) is 4.88. The monoisotopic (exact) mass is 460 g/mol. The molecule has 0 unspecified atom stereocenters. The number of nitrogens with zero attached hydrogens (tertiary/aromatic N) is 7. The zero-order valence-corrected chi connectivity index (χ0v) is 20.4. The van der Waals surface area contributed by atoms with Gasteiger partial charge in [0.2, 0.25) is 0 Å². The van der Waals surface area contributed by atoms with Crippen LogP contribution in [0.4, 0.5) is 11.6 Å². The van der Waals surface area contributed by atoms with E-state index in [2.05, 4.69) is 40.5 Å². The maximum absolute atomic E-state index is 13.7. The van der Waals surface area contributed by atoms with Gasteiger partial charge < -0.3 is 19.4 Å². The first kappa shape index (κ1) is 21.2. The maximum Gasteiger partial charge on any atom is 0.271 e. The van der Waals surface area contributed by atoms with E-state index in [-0.39, 0.29) is 5.91 Å². The van der Waals surface area contributed by atoms with Gasteiger partial charge in [0, 0.05) is 49.4 Å². The maximum atomic E-state index is 13.7. The number of imidazole rings is 1. The molecule has 0 atom stereocenters. The van der Waals surface area contributed by atoms with E-state index in [0.29, 0.717) is 24.4 Å². The first-order valence-electron chi connectivity index (χ1n) is 12.5. The highest BCUT2D eigenvalue weighted by atomic mass is 16.2. The van der Waals surface area contributed by atoms with E-state index < -0.39 is 0 Å². The molecule has 2 saturated carbocycles. The van der Waals surface area contributed by atoms with Crippen molar-refractivity contribution in [2.75, 3.05) is 5.32 Å². The minimum Gasteiger partial charge on any atom is -0.333 e. The fourth-order valence-corrected chi connectivity index (χ4v) is 5.10. The lowest BCUT2D eigenvalue weighted by atomic mass is 10.2. The summed E-state index contributed by atoms with van der Waals surface area (Å²) >= 11 is 0. The molecule has 2 fully saturated rings. The van der Waals surface area contributed by atoms with Gasteiger partial charge in [-0.2, -0.15) is 5.10 Å². The summed E-state index contributed by atoms with van der Waals surface area (Å²) in [5.41, 5.74) is 4.40. The van der Waals surface area contributed by atoms with Gasteiger partial charge in [0.15, 0.2) is 11.6 Å². The Balaban J connectivity index is 1.48. The summed E-state index contributed by atoms with van der Waals surface area (Å²) in [5, 5.41) is 9.08. The molecule has 0 bridgehead atoms. The molecular weight excluding hydrogens is 428 g/mol. The molecule has 0 spiro atoms. The van der Waals surface area contributed by atoms with Gasteiger partial charge >= 0.3 is 0 Å². The van der Waals surface area contributed by atoms with Crippen molar-refractivity contribution in [3.8, 4) is 0 Å². The molecule has 9 heteroatoms. The van der Waals surface area contributed by atoms with Crippen molar-refractivity contribution in [3.05, 3.63) is 29.8 Å². The van der Waals surface area contributed by atoms with Gasteiger partial charge in [-0.05, 0) is 52.0 Å². The number of carbonyl (C=O) groups excluding carboxylic acids is 1. The van der Waals surface area contributed by atoms with Crippen LogP contribution in [0, 0.1) is 6.92 Å². The van der Waals surface area contributed by atoms with Gasteiger partial charge in [0.05, 0.1) is 11.8 Å². The highest BCUT2D eigenvalue weighted by Gasteiger charge is 2.43. The van der Waals surface area contributed by atoms with Gasteiger partial charge in [-0.3, -0.25) is 9.48 Å². The molecule has 2 aliphatic carbocycles. The Kier molecular flexibility index (Phi) is 4.89. The Bertz CT molecular complexity index is 1390. The third-order valence-corrected chi connectivity index (χ3v) is 7.02. The molecule has 34 heavy (non-hydrogen) atoms. The van der Waals surface area contributed by atoms with Crippen LogP contribution in [0.15, 0.2) is 18.5 Å². The third kappa shape index (κ3) is 3.36. The van der Waals surface area contributed by atoms with Crippen LogP contribution < -0.4 is 5.32 Å². The number of carbonyl (C=O) groups is 1. The van der Waals surface area contributed by atoms with E-state index in [4.69, 9.17) is 10.1 Å². The van der Waals surface area contributed by atoms with E-state index >= 15 is 0 Å². The minimum atomic E-state index is 0.142. The number of nitrogens with one attached hydrogen (secondary N) is 1. The van der Waals surface area contributed by atoms with E-state index in [1.165, 1.54) is 0 Å². The van der Waals surface area contributed by atoms with E-state index in [1.807, 2.05) is 34.8 Å². The van der Waals surface area contributed by atoms with Crippen LogP contribution in [-0.2, 0) is 20.1 Å². The van der Waals surface area contributed by atoms with E-state index in [1.54, 1.807) is 0 Å². The Morgan fingerprint density at radius 1 is 1.18 bits per heavy atom. The van der Waals surface area contributed by atoms with Crippen LogP contribution in [0.5, 0.6) is 0 Å². The molecule has 4 aromatic rings. The molecule has 2 aliphatic rings. The molecule has 0 aromatic carbocycles. The standard InChI is InChI=1S/C25H32N8O/c1-5-11-32-15(3)12-20(29-32)27-23-21-22(30(4)14-26-21)18-13-19(31(6-2)24(18)28-23)25(34)33(16-7-8-16)17-9-10-17/h12-14,16-17H,5-11H2,1-4H3,(H,27,28,29). The topological polar surface area (TPSA) is 85.8 Å². The second-order valence-corrected chi connectivity index (χ2v) is 9.72. The van der Waals surface area contributed by atoms with Crippen molar-refractivity contribution in [3.63, 3.8) is 0 Å². The van der Waals surface area contributed by atoms with Crippen molar-refractivity contribution < 1.29 is 4.79 Å². The lowest BCUT2D eigenvalue weighted by Gasteiger charge is -2.22. The van der Waals surface area contributed by atoms with Crippen LogP contribution >= 0.6 is 0 Å². The van der Waals surface area contributed by atoms with Crippen LogP contribution in [0.25, 0.3) is 22.1 Å². The van der Waals surface area contributed by atoms with Crippen molar-refractivity contribution in [1.82, 2.24) is 33.8 Å². The van der Waals surface area contributed by atoms with Crippen LogP contribution in [0.1, 0.15) is 62.1 Å². The van der Waals surface area contributed by atoms with Crippen molar-refractivity contribution in [1.29, 1.82) is 0 Å². The fourth-order valence-electron chi connectivity index (χ4n) is 5.10. The molecule has 4 aromatic heterocycles. The molecule has 0 saturated heterocycles. The molecule has 6 rings (SSSR count). The van der Waals surface area contributed by atoms with Gasteiger partial charge in [-0.15, -0.1) is 0 Å². The van der Waals surface area contributed by atoms with Crippen LogP contribution in [0.2, 0.25) is 0 Å². The highest BCUT2D eigenvalue weighted by molar-refractivity contribution is 6.10. The zero-order valence-electron chi connectivity index (χ0n) is 20.4. The molecule has 0 aliphatic heterocycles. The summed E-state index contributed by atoms with van der Waals surface area (Å²) in [5.74, 6) is 1.56. The normalized spacial score (nSPS) is 16.0. The lowest BCUT2D eigenvalue weighted by Crippen LogP contribution is -2.36. The van der Waals surface area contributed by atoms with Crippen molar-refractivity contribution in [2.45, 2.75) is 78.0 Å². The van der Waals surface area contributed by atoms with Crippen molar-refractivity contribution >= 4 is 39.6 Å². The summed E-state index contributed by atoms with van der Waals surface area (Å²) in [6.07, 6.45) is 7.32. The number of amides is 1. The second kappa shape index (κ2) is 7.85. The van der Waals surface area contributed by atoms with Gasteiger partial charge in [0.25, 0.3) is 5.91 Å². The molecule has 1 amide bonds. The first-order valence-corrected chi connectivity index (χ1v) is 12.5. The van der Waals surface area contributed by atoms with Gasteiger partial charge in [0.1, 0.15) is 16.9 Å². The fraction of sp³-hybridized carbons (Fsp3) is 0.520. The number of rotatable bonds is 8. The number of aryl methyl sites for hydroxylation is 4. The molecule has 0 radical (unpaired) electrons. The number of hydrogen-bond acceptors (Lipinski definition) is 5. The lowest BCUT2D eigenvalue weighted by molar-refractivity contribution is 0.0719. The van der Waals surface area contributed by atoms with E-state index in [0.717, 1.165) is 77.9 Å². The highest BCUT2D eigenvalue weighted by Crippen LogP contribution is 2.39. The third-order valence-electron chi connectivity index (χ3n) is 7.02.